The van der Waals surface area contributed by atoms with Crippen molar-refractivity contribution in [2.24, 2.45) is 0 Å². The van der Waals surface area contributed by atoms with Gasteiger partial charge in [-0.3, -0.25) is 4.79 Å². The summed E-state index contributed by atoms with van der Waals surface area (Å²) in [5.74, 6) is 0.470. The molecule has 3 rings (SSSR count). The number of carbonyl (C=O) groups excluding carboxylic acids is 2. The highest BCUT2D eigenvalue weighted by molar-refractivity contribution is 6.89. The van der Waals surface area contributed by atoms with Gasteiger partial charge in [0.15, 0.2) is 5.78 Å². The summed E-state index contributed by atoms with van der Waals surface area (Å²) in [5.41, 5.74) is 1.99. The van der Waals surface area contributed by atoms with E-state index < -0.39 is 20.2 Å². The molecule has 1 aliphatic heterocycles. The van der Waals surface area contributed by atoms with Gasteiger partial charge in [-0.15, -0.1) is 0 Å². The molecule has 174 valence electrons. The first-order chi connectivity index (χ1) is 15.6. The Bertz CT molecular complexity index is 1060. The molecule has 2 atom stereocenters. The van der Waals surface area contributed by atoms with E-state index in [0.717, 1.165) is 10.8 Å². The Morgan fingerprint density at radius 1 is 1.24 bits per heavy atom. The molecule has 2 amide bonds. The van der Waals surface area contributed by atoms with Crippen molar-refractivity contribution >= 4 is 25.1 Å². The molecule has 1 fully saturated rings. The third-order valence-corrected chi connectivity index (χ3v) is 7.93. The maximum Gasteiger partial charge on any atom is 0.318 e. The molecule has 2 aromatic carbocycles. The Balaban J connectivity index is 1.85. The number of likely N-dealkylation sites (tertiary alicyclic amines) is 1. The number of ether oxygens (including phenoxy) is 1. The van der Waals surface area contributed by atoms with E-state index in [1.54, 1.807) is 37.4 Å². The van der Waals surface area contributed by atoms with E-state index in [4.69, 9.17) is 4.74 Å². The Kier molecular flexibility index (Phi) is 7.56. The molecule has 1 aliphatic rings. The monoisotopic (exact) mass is 465 g/mol. The Labute approximate surface area is 196 Å². The van der Waals surface area contributed by atoms with Gasteiger partial charge in [-0.2, -0.15) is 5.26 Å². The van der Waals surface area contributed by atoms with Crippen molar-refractivity contribution in [3.8, 4) is 11.8 Å². The molecule has 33 heavy (non-hydrogen) atoms. The highest BCUT2D eigenvalue weighted by atomic mass is 28.3. The van der Waals surface area contributed by atoms with E-state index >= 15 is 0 Å². The summed E-state index contributed by atoms with van der Waals surface area (Å²) in [5, 5.41) is 23.3. The summed E-state index contributed by atoms with van der Waals surface area (Å²) in [4.78, 5) is 27.7. The molecule has 8 heteroatoms. The largest absolute Gasteiger partial charge is 0.497 e. The van der Waals surface area contributed by atoms with Crippen LogP contribution in [0.25, 0.3) is 0 Å². The molecule has 0 bridgehead atoms. The number of nitrogens with one attached hydrogen (secondary N) is 1. The number of aliphatic hydroxyl groups excluding tert-OH is 1. The molecule has 2 N–H and O–H groups in total. The number of Topliss-reactive ketones (excluding diaryl/α,β-unsaturated/α-hetero) is 1. The third kappa shape index (κ3) is 6.00. The van der Waals surface area contributed by atoms with Gasteiger partial charge in [-0.1, -0.05) is 43.9 Å². The van der Waals surface area contributed by atoms with Crippen LogP contribution in [0, 0.1) is 11.3 Å². The van der Waals surface area contributed by atoms with E-state index in [2.05, 4.69) is 31.0 Å². The van der Waals surface area contributed by atoms with Crippen molar-refractivity contribution < 1.29 is 19.4 Å². The number of hydrogen-bond donors (Lipinski definition) is 2. The van der Waals surface area contributed by atoms with E-state index in [0.29, 0.717) is 29.8 Å². The van der Waals surface area contributed by atoms with Gasteiger partial charge in [0.25, 0.3) is 0 Å². The molecular weight excluding hydrogens is 434 g/mol. The average molecular weight is 466 g/mol. The fraction of sp³-hybridized carbons (Fsp3) is 0.400. The number of aliphatic hydroxyl groups is 1. The first kappa shape index (κ1) is 24.5. The number of hydrogen-bond acceptors (Lipinski definition) is 5. The topological polar surface area (TPSA) is 103 Å². The number of nitrogens with zero attached hydrogens (tertiary/aromatic N) is 2. The maximum atomic E-state index is 13.4. The van der Waals surface area contributed by atoms with Gasteiger partial charge in [0, 0.05) is 19.5 Å². The summed E-state index contributed by atoms with van der Waals surface area (Å²) in [6.45, 7) is 7.23. The van der Waals surface area contributed by atoms with E-state index in [1.165, 1.54) is 4.90 Å². The number of methoxy groups -OCH3 is 1. The Morgan fingerprint density at radius 3 is 2.48 bits per heavy atom. The van der Waals surface area contributed by atoms with Gasteiger partial charge in [0.1, 0.15) is 11.8 Å². The summed E-state index contributed by atoms with van der Waals surface area (Å²) < 4.78 is 5.21. The van der Waals surface area contributed by atoms with Crippen LogP contribution in [0.4, 0.5) is 4.79 Å². The first-order valence-electron chi connectivity index (χ1n) is 11.1. The number of β-amino-alcohol motifs (C(OH)–C–C–N with tert-alkyl or cyclic N) is 1. The number of urea groups is 1. The molecular formula is C25H31N3O4Si. The number of rotatable bonds is 7. The van der Waals surface area contributed by atoms with Crippen molar-refractivity contribution in [3.05, 3.63) is 59.2 Å². The quantitative estimate of drug-likeness (QED) is 0.612. The summed E-state index contributed by atoms with van der Waals surface area (Å²) in [6, 6.07) is 13.7. The first-order valence-corrected chi connectivity index (χ1v) is 14.6. The zero-order chi connectivity index (χ0) is 24.2. The van der Waals surface area contributed by atoms with E-state index in [-0.39, 0.29) is 24.8 Å². The van der Waals surface area contributed by atoms with Crippen LogP contribution in [0.2, 0.25) is 19.6 Å². The number of benzene rings is 2. The van der Waals surface area contributed by atoms with Gasteiger partial charge in [0.05, 0.1) is 32.9 Å². The lowest BCUT2D eigenvalue weighted by Crippen LogP contribution is -2.43. The average Bonchev–Trinajstić information content (AvgIpc) is 3.23. The zero-order valence-electron chi connectivity index (χ0n) is 19.6. The van der Waals surface area contributed by atoms with Crippen LogP contribution >= 0.6 is 0 Å². The van der Waals surface area contributed by atoms with Gasteiger partial charge in [-0.05, 0) is 40.9 Å². The van der Waals surface area contributed by atoms with Gasteiger partial charge in [-0.25, -0.2) is 4.79 Å². The second kappa shape index (κ2) is 10.2. The van der Waals surface area contributed by atoms with Gasteiger partial charge >= 0.3 is 6.03 Å². The molecule has 1 saturated heterocycles. The van der Waals surface area contributed by atoms with Crippen LogP contribution in [0.3, 0.4) is 0 Å². The Morgan fingerprint density at radius 2 is 1.94 bits per heavy atom. The summed E-state index contributed by atoms with van der Waals surface area (Å²) in [6.07, 6.45) is 0.0648. The highest BCUT2D eigenvalue weighted by Gasteiger charge is 2.29. The predicted molar refractivity (Wildman–Crippen MR) is 129 cm³/mol. The summed E-state index contributed by atoms with van der Waals surface area (Å²) >= 11 is 0. The number of carbonyl (C=O) groups is 2. The van der Waals surface area contributed by atoms with E-state index in [1.807, 2.05) is 12.1 Å². The SMILES string of the molecule is COc1ccc(C(NC(=O)N2CCC(O)C2)C(=O)Cc2ccc([Si](C)(C)C)c(C#N)c2)cc1. The lowest BCUT2D eigenvalue weighted by atomic mass is 9.96. The molecule has 0 radical (unpaired) electrons. The minimum atomic E-state index is -1.69. The van der Waals surface area contributed by atoms with Crippen molar-refractivity contribution in [3.63, 3.8) is 0 Å². The van der Waals surface area contributed by atoms with Crippen molar-refractivity contribution in [2.45, 2.75) is 44.6 Å². The molecule has 0 aliphatic carbocycles. The van der Waals surface area contributed by atoms with E-state index in [9.17, 15) is 20.0 Å². The van der Waals surface area contributed by atoms with Crippen LogP contribution < -0.4 is 15.2 Å². The third-order valence-electron chi connectivity index (χ3n) is 5.88. The lowest BCUT2D eigenvalue weighted by molar-refractivity contribution is -0.120. The zero-order valence-corrected chi connectivity index (χ0v) is 20.6. The second-order valence-electron chi connectivity index (χ2n) is 9.43. The molecule has 2 aromatic rings. The van der Waals surface area contributed by atoms with Crippen LogP contribution in [0.5, 0.6) is 5.75 Å². The molecule has 2 unspecified atom stereocenters. The maximum absolute atomic E-state index is 13.4. The summed E-state index contributed by atoms with van der Waals surface area (Å²) in [7, 11) is -0.126. The minimum Gasteiger partial charge on any atom is -0.497 e. The van der Waals surface area contributed by atoms with Crippen LogP contribution in [-0.2, 0) is 11.2 Å². The van der Waals surface area contributed by atoms with Crippen LogP contribution in [0.1, 0.15) is 29.2 Å². The fourth-order valence-electron chi connectivity index (χ4n) is 4.04. The van der Waals surface area contributed by atoms with Crippen LogP contribution in [0.15, 0.2) is 42.5 Å². The van der Waals surface area contributed by atoms with Crippen molar-refractivity contribution in [1.29, 1.82) is 5.26 Å². The normalized spacial score (nSPS) is 16.7. The smallest absolute Gasteiger partial charge is 0.318 e. The van der Waals surface area contributed by atoms with Gasteiger partial charge < -0.3 is 20.1 Å². The molecule has 0 saturated carbocycles. The predicted octanol–water partition coefficient (Wildman–Crippen LogP) is 2.74. The standard InChI is InChI=1S/C25H31N3O4Si/c1-32-21-8-6-18(7-9-21)24(27-25(31)28-12-11-20(29)16-28)22(30)14-17-5-10-23(33(2,3)4)19(13-17)15-26/h5-10,13,20,24,29H,11-12,14,16H2,1-4H3,(H,27,31). The fourth-order valence-corrected chi connectivity index (χ4v) is 5.56. The van der Waals surface area contributed by atoms with Crippen molar-refractivity contribution in [1.82, 2.24) is 10.2 Å². The molecule has 0 spiro atoms. The molecule has 0 aromatic heterocycles. The lowest BCUT2D eigenvalue weighted by Gasteiger charge is -2.23. The molecule has 1 heterocycles. The number of nitriles is 1. The Hall–Kier alpha value is -3.15. The van der Waals surface area contributed by atoms with Crippen molar-refractivity contribution in [2.75, 3.05) is 20.2 Å². The second-order valence-corrected chi connectivity index (χ2v) is 14.5. The van der Waals surface area contributed by atoms with Gasteiger partial charge in [0.2, 0.25) is 0 Å². The number of amides is 2. The minimum absolute atomic E-state index is 0.0836. The number of ketones is 1. The van der Waals surface area contributed by atoms with Crippen LogP contribution in [-0.4, -0.2) is 56.2 Å². The highest BCUT2D eigenvalue weighted by Crippen LogP contribution is 2.22. The molecule has 7 nitrogen and oxygen atoms in total.